The topological polar surface area (TPSA) is 94.5 Å². The summed E-state index contributed by atoms with van der Waals surface area (Å²) in [7, 11) is 0. The van der Waals surface area contributed by atoms with E-state index >= 15 is 0 Å². The van der Waals surface area contributed by atoms with Crippen molar-refractivity contribution in [2.75, 3.05) is 17.2 Å². The number of anilines is 3. The number of rotatable bonds is 6. The average Bonchev–Trinajstić information content (AvgIpc) is 2.72. The maximum atomic E-state index is 10.9. The summed E-state index contributed by atoms with van der Waals surface area (Å²) in [6.07, 6.45) is 0. The second kappa shape index (κ2) is 7.54. The Kier molecular flexibility index (Phi) is 4.78. The molecule has 0 fully saturated rings. The van der Waals surface area contributed by atoms with Gasteiger partial charge in [-0.05, 0) is 35.9 Å². The van der Waals surface area contributed by atoms with Crippen molar-refractivity contribution in [2.24, 2.45) is 0 Å². The van der Waals surface area contributed by atoms with E-state index < -0.39 is 5.97 Å². The standard InChI is InChI=1S/C22H19N3O3/c26-13-14-9-15(23-12-21(27)28)11-16(10-14)24-22-17-5-1-3-7-19(17)25-20-8-4-2-6-18(20)22/h1-11,23,26H,12-13H2,(H,24,25)(H,27,28). The minimum atomic E-state index is -0.949. The van der Waals surface area contributed by atoms with E-state index in [1.807, 2.05) is 60.7 Å². The lowest BCUT2D eigenvalue weighted by Crippen LogP contribution is -2.12. The number of hydrogen-bond acceptors (Lipinski definition) is 5. The number of pyridine rings is 1. The zero-order chi connectivity index (χ0) is 19.5. The van der Waals surface area contributed by atoms with E-state index in [-0.39, 0.29) is 13.2 Å². The van der Waals surface area contributed by atoms with Gasteiger partial charge >= 0.3 is 5.97 Å². The molecule has 4 N–H and O–H groups in total. The van der Waals surface area contributed by atoms with Gasteiger partial charge in [-0.25, -0.2) is 4.98 Å². The van der Waals surface area contributed by atoms with E-state index in [1.54, 1.807) is 6.07 Å². The van der Waals surface area contributed by atoms with Crippen molar-refractivity contribution in [1.82, 2.24) is 4.98 Å². The molecule has 4 aromatic rings. The molecule has 0 saturated heterocycles. The molecule has 0 amide bonds. The Morgan fingerprint density at radius 2 is 1.50 bits per heavy atom. The fourth-order valence-corrected chi connectivity index (χ4v) is 3.25. The molecule has 0 aliphatic carbocycles. The van der Waals surface area contributed by atoms with Crippen LogP contribution in [-0.4, -0.2) is 27.7 Å². The van der Waals surface area contributed by atoms with Crippen LogP contribution in [0.4, 0.5) is 17.1 Å². The van der Waals surface area contributed by atoms with Gasteiger partial charge in [0.25, 0.3) is 0 Å². The third-order valence-electron chi connectivity index (χ3n) is 4.48. The largest absolute Gasteiger partial charge is 0.480 e. The van der Waals surface area contributed by atoms with Crippen molar-refractivity contribution >= 4 is 44.8 Å². The van der Waals surface area contributed by atoms with Crippen molar-refractivity contribution < 1.29 is 15.0 Å². The number of carbonyl (C=O) groups is 1. The summed E-state index contributed by atoms with van der Waals surface area (Å²) < 4.78 is 0. The van der Waals surface area contributed by atoms with Gasteiger partial charge in [-0.15, -0.1) is 0 Å². The number of hydrogen-bond donors (Lipinski definition) is 4. The highest BCUT2D eigenvalue weighted by Gasteiger charge is 2.10. The molecule has 28 heavy (non-hydrogen) atoms. The third-order valence-corrected chi connectivity index (χ3v) is 4.48. The minimum Gasteiger partial charge on any atom is -0.480 e. The predicted octanol–water partition coefficient (Wildman–Crippen LogP) is 4.12. The highest BCUT2D eigenvalue weighted by molar-refractivity contribution is 6.08. The van der Waals surface area contributed by atoms with Crippen LogP contribution in [0.1, 0.15) is 5.56 Å². The van der Waals surface area contributed by atoms with Gasteiger partial charge < -0.3 is 20.8 Å². The van der Waals surface area contributed by atoms with Crippen LogP contribution in [0.25, 0.3) is 21.8 Å². The van der Waals surface area contributed by atoms with E-state index in [0.29, 0.717) is 11.3 Å². The summed E-state index contributed by atoms with van der Waals surface area (Å²) >= 11 is 0. The molecule has 1 aromatic heterocycles. The van der Waals surface area contributed by atoms with Crippen LogP contribution < -0.4 is 10.6 Å². The molecule has 1 heterocycles. The number of carboxylic acid groups (broad SMARTS) is 1. The summed E-state index contributed by atoms with van der Waals surface area (Å²) in [6, 6.07) is 21.2. The molecular weight excluding hydrogens is 354 g/mol. The molecule has 6 nitrogen and oxygen atoms in total. The van der Waals surface area contributed by atoms with Crippen molar-refractivity contribution in [2.45, 2.75) is 6.61 Å². The average molecular weight is 373 g/mol. The van der Waals surface area contributed by atoms with Crippen LogP contribution in [0.5, 0.6) is 0 Å². The Morgan fingerprint density at radius 3 is 2.11 bits per heavy atom. The first-order valence-corrected chi connectivity index (χ1v) is 8.89. The normalized spacial score (nSPS) is 10.9. The SMILES string of the molecule is O=C(O)CNc1cc(CO)cc(Nc2c3ccccc3nc3ccccc23)c1. The quantitative estimate of drug-likeness (QED) is 0.380. The highest BCUT2D eigenvalue weighted by atomic mass is 16.4. The molecule has 0 radical (unpaired) electrons. The molecule has 0 bridgehead atoms. The number of fused-ring (bicyclic) bond motifs is 2. The zero-order valence-electron chi connectivity index (χ0n) is 15.0. The lowest BCUT2D eigenvalue weighted by atomic mass is 10.1. The fourth-order valence-electron chi connectivity index (χ4n) is 3.25. The second-order valence-electron chi connectivity index (χ2n) is 6.47. The molecule has 0 aliphatic rings. The molecule has 0 saturated carbocycles. The fraction of sp³-hybridized carbons (Fsp3) is 0.0909. The van der Waals surface area contributed by atoms with Gasteiger partial charge in [0, 0.05) is 22.1 Å². The molecular formula is C22H19N3O3. The van der Waals surface area contributed by atoms with Crippen LogP contribution in [0, 0.1) is 0 Å². The number of aliphatic carboxylic acids is 1. The lowest BCUT2D eigenvalue weighted by molar-refractivity contribution is -0.134. The van der Waals surface area contributed by atoms with E-state index in [2.05, 4.69) is 10.6 Å². The Balaban J connectivity index is 1.82. The van der Waals surface area contributed by atoms with Gasteiger partial charge in [-0.2, -0.15) is 0 Å². The molecule has 0 unspecified atom stereocenters. The highest BCUT2D eigenvalue weighted by Crippen LogP contribution is 2.34. The van der Waals surface area contributed by atoms with Crippen molar-refractivity contribution in [3.63, 3.8) is 0 Å². The first kappa shape index (κ1) is 17.8. The lowest BCUT2D eigenvalue weighted by Gasteiger charge is -2.15. The number of aromatic nitrogens is 1. The van der Waals surface area contributed by atoms with Crippen LogP contribution in [0.3, 0.4) is 0 Å². The predicted molar refractivity (Wildman–Crippen MR) is 111 cm³/mol. The van der Waals surface area contributed by atoms with Crippen LogP contribution in [-0.2, 0) is 11.4 Å². The van der Waals surface area contributed by atoms with Crippen molar-refractivity contribution in [3.05, 3.63) is 72.3 Å². The van der Waals surface area contributed by atoms with Gasteiger partial charge in [0.2, 0.25) is 0 Å². The number of carboxylic acids is 1. The first-order chi connectivity index (χ1) is 13.6. The summed E-state index contributed by atoms with van der Waals surface area (Å²) in [5.41, 5.74) is 4.73. The maximum Gasteiger partial charge on any atom is 0.322 e. The molecule has 4 rings (SSSR count). The van der Waals surface area contributed by atoms with E-state index in [0.717, 1.165) is 33.2 Å². The van der Waals surface area contributed by atoms with Crippen LogP contribution in [0.2, 0.25) is 0 Å². The van der Waals surface area contributed by atoms with Gasteiger partial charge in [-0.1, -0.05) is 36.4 Å². The Hall–Kier alpha value is -3.64. The smallest absolute Gasteiger partial charge is 0.322 e. The molecule has 3 aromatic carbocycles. The van der Waals surface area contributed by atoms with Crippen LogP contribution >= 0.6 is 0 Å². The summed E-state index contributed by atoms with van der Waals surface area (Å²) in [6.45, 7) is -0.343. The van der Waals surface area contributed by atoms with E-state index in [1.165, 1.54) is 0 Å². The molecule has 0 spiro atoms. The van der Waals surface area contributed by atoms with Crippen LogP contribution in [0.15, 0.2) is 66.7 Å². The number of para-hydroxylation sites is 2. The van der Waals surface area contributed by atoms with Crippen molar-refractivity contribution in [3.8, 4) is 0 Å². The second-order valence-corrected chi connectivity index (χ2v) is 6.47. The number of benzene rings is 3. The monoisotopic (exact) mass is 373 g/mol. The summed E-state index contributed by atoms with van der Waals surface area (Å²) in [5, 5.41) is 26.8. The molecule has 0 atom stereocenters. The third kappa shape index (κ3) is 3.58. The minimum absolute atomic E-state index is 0.144. The van der Waals surface area contributed by atoms with Gasteiger partial charge in [0.1, 0.15) is 6.54 Å². The summed E-state index contributed by atoms with van der Waals surface area (Å²) in [4.78, 5) is 15.6. The molecule has 6 heteroatoms. The number of aliphatic hydroxyl groups excluding tert-OH is 1. The van der Waals surface area contributed by atoms with E-state index in [9.17, 15) is 9.90 Å². The number of nitrogens with zero attached hydrogens (tertiary/aromatic N) is 1. The summed E-state index contributed by atoms with van der Waals surface area (Å²) in [5.74, 6) is -0.949. The Labute approximate surface area is 161 Å². The zero-order valence-corrected chi connectivity index (χ0v) is 15.0. The number of aliphatic hydroxyl groups is 1. The van der Waals surface area contributed by atoms with Crippen molar-refractivity contribution in [1.29, 1.82) is 0 Å². The van der Waals surface area contributed by atoms with E-state index in [4.69, 9.17) is 10.1 Å². The Bertz CT molecular complexity index is 1120. The first-order valence-electron chi connectivity index (χ1n) is 8.89. The van der Waals surface area contributed by atoms with Gasteiger partial charge in [-0.3, -0.25) is 4.79 Å². The maximum absolute atomic E-state index is 10.9. The molecule has 140 valence electrons. The number of nitrogens with one attached hydrogen (secondary N) is 2. The molecule has 0 aliphatic heterocycles. The Morgan fingerprint density at radius 1 is 0.893 bits per heavy atom. The van der Waals surface area contributed by atoms with Gasteiger partial charge in [0.05, 0.1) is 23.3 Å². The van der Waals surface area contributed by atoms with Gasteiger partial charge in [0.15, 0.2) is 0 Å².